The van der Waals surface area contributed by atoms with Crippen LogP contribution in [0, 0.1) is 0 Å². The van der Waals surface area contributed by atoms with Crippen LogP contribution in [0.3, 0.4) is 0 Å². The number of furan rings is 1. The lowest BCUT2D eigenvalue weighted by atomic mass is 10.1. The van der Waals surface area contributed by atoms with Gasteiger partial charge in [0.25, 0.3) is 5.91 Å². The molecule has 2 heterocycles. The van der Waals surface area contributed by atoms with Crippen molar-refractivity contribution in [2.45, 2.75) is 18.4 Å². The highest BCUT2D eigenvalue weighted by atomic mass is 35.5. The number of carbonyl (C=O) groups excluding carboxylic acids is 2. The summed E-state index contributed by atoms with van der Waals surface area (Å²) in [7, 11) is -2.52. The van der Waals surface area contributed by atoms with Crippen LogP contribution < -0.4 is 10.0 Å². The normalized spacial score (nSPS) is 15.7. The Balaban J connectivity index is 1.76. The van der Waals surface area contributed by atoms with Crippen LogP contribution in [0.1, 0.15) is 18.4 Å². The summed E-state index contributed by atoms with van der Waals surface area (Å²) in [5, 5.41) is 2.99. The van der Waals surface area contributed by atoms with E-state index in [1.807, 2.05) is 0 Å². The largest absolute Gasteiger partial charge is 0.465 e. The number of ether oxygens (including phenoxy) is 1. The van der Waals surface area contributed by atoms with Crippen LogP contribution in [0.25, 0.3) is 6.08 Å². The fraction of sp³-hybridized carbons (Fsp3) is 0.158. The lowest BCUT2D eigenvalue weighted by Gasteiger charge is -2.05. The van der Waals surface area contributed by atoms with Gasteiger partial charge in [-0.3, -0.25) is 4.79 Å². The van der Waals surface area contributed by atoms with E-state index in [0.717, 1.165) is 0 Å². The minimum atomic E-state index is -3.74. The van der Waals surface area contributed by atoms with E-state index in [4.69, 9.17) is 20.8 Å². The summed E-state index contributed by atoms with van der Waals surface area (Å²) in [5.74, 6) is -0.487. The molecule has 1 aliphatic heterocycles. The molecule has 3 rings (SSSR count). The van der Waals surface area contributed by atoms with Crippen LogP contribution in [0.4, 0.5) is 0 Å². The average Bonchev–Trinajstić information content (AvgIpc) is 3.24. The third-order valence-electron chi connectivity index (χ3n) is 4.11. The van der Waals surface area contributed by atoms with Gasteiger partial charge in [-0.1, -0.05) is 11.6 Å². The molecule has 0 saturated carbocycles. The Kier molecular flexibility index (Phi) is 5.92. The topological polar surface area (TPSA) is 115 Å². The van der Waals surface area contributed by atoms with Crippen molar-refractivity contribution in [2.24, 2.45) is 0 Å². The third kappa shape index (κ3) is 4.58. The zero-order chi connectivity index (χ0) is 21.2. The number of allylic oxidation sites excluding steroid dienone is 1. The lowest BCUT2D eigenvalue weighted by Crippen LogP contribution is -2.22. The van der Waals surface area contributed by atoms with Crippen molar-refractivity contribution in [1.29, 1.82) is 0 Å². The van der Waals surface area contributed by atoms with Gasteiger partial charge in [-0.05, 0) is 49.4 Å². The molecule has 1 aliphatic rings. The summed E-state index contributed by atoms with van der Waals surface area (Å²) >= 11 is 5.77. The second kappa shape index (κ2) is 8.24. The van der Waals surface area contributed by atoms with Gasteiger partial charge < -0.3 is 14.5 Å². The fourth-order valence-electron chi connectivity index (χ4n) is 2.69. The molecular formula is C19H17ClN2O6S. The van der Waals surface area contributed by atoms with Gasteiger partial charge in [0.2, 0.25) is 10.0 Å². The Morgan fingerprint density at radius 1 is 1.24 bits per heavy atom. The molecule has 152 valence electrons. The van der Waals surface area contributed by atoms with Crippen LogP contribution in [-0.2, 0) is 30.9 Å². The molecule has 1 amide bonds. The van der Waals surface area contributed by atoms with Crippen molar-refractivity contribution in [3.63, 3.8) is 0 Å². The highest BCUT2D eigenvalue weighted by Crippen LogP contribution is 2.25. The van der Waals surface area contributed by atoms with Crippen LogP contribution in [0.2, 0.25) is 5.02 Å². The van der Waals surface area contributed by atoms with E-state index >= 15 is 0 Å². The van der Waals surface area contributed by atoms with E-state index < -0.39 is 21.9 Å². The zero-order valence-electron chi connectivity index (χ0n) is 15.5. The SMILES string of the molecule is COC(=O)C1=C(C)NC(=O)/C1=C\c1ccc(CNS(=O)(=O)c2ccc(Cl)cc2)o1. The van der Waals surface area contributed by atoms with Gasteiger partial charge in [-0.15, -0.1) is 0 Å². The first-order valence-corrected chi connectivity index (χ1v) is 10.2. The average molecular weight is 437 g/mol. The van der Waals surface area contributed by atoms with Crippen molar-refractivity contribution >= 4 is 39.6 Å². The van der Waals surface area contributed by atoms with E-state index in [9.17, 15) is 18.0 Å². The van der Waals surface area contributed by atoms with E-state index in [1.165, 1.54) is 37.5 Å². The molecule has 29 heavy (non-hydrogen) atoms. The van der Waals surface area contributed by atoms with Crippen LogP contribution in [0.5, 0.6) is 0 Å². The van der Waals surface area contributed by atoms with Crippen molar-refractivity contribution in [3.05, 3.63) is 69.8 Å². The van der Waals surface area contributed by atoms with Crippen LogP contribution in [-0.4, -0.2) is 27.4 Å². The molecular weight excluding hydrogens is 420 g/mol. The number of sulfonamides is 1. The highest BCUT2D eigenvalue weighted by molar-refractivity contribution is 7.89. The summed E-state index contributed by atoms with van der Waals surface area (Å²) in [6.07, 6.45) is 1.40. The summed E-state index contributed by atoms with van der Waals surface area (Å²) in [6.45, 7) is 1.49. The van der Waals surface area contributed by atoms with Crippen LogP contribution in [0.15, 0.2) is 62.6 Å². The van der Waals surface area contributed by atoms with Gasteiger partial charge in [-0.25, -0.2) is 17.9 Å². The predicted molar refractivity (Wildman–Crippen MR) is 105 cm³/mol. The monoisotopic (exact) mass is 436 g/mol. The molecule has 0 bridgehead atoms. The molecule has 2 N–H and O–H groups in total. The summed E-state index contributed by atoms with van der Waals surface area (Å²) in [5.41, 5.74) is 0.617. The van der Waals surface area contributed by atoms with Gasteiger partial charge in [0.15, 0.2) is 0 Å². The Labute approximate surface area is 172 Å². The molecule has 0 saturated heterocycles. The van der Waals surface area contributed by atoms with E-state index in [1.54, 1.807) is 19.1 Å². The number of nitrogens with one attached hydrogen (secondary N) is 2. The van der Waals surface area contributed by atoms with Crippen molar-refractivity contribution in [1.82, 2.24) is 10.0 Å². The molecule has 1 aromatic carbocycles. The number of methoxy groups -OCH3 is 1. The molecule has 10 heteroatoms. The minimum absolute atomic E-state index is 0.0711. The lowest BCUT2D eigenvalue weighted by molar-refractivity contribution is -0.136. The van der Waals surface area contributed by atoms with Gasteiger partial charge >= 0.3 is 5.97 Å². The number of hydrogen-bond donors (Lipinski definition) is 2. The number of benzene rings is 1. The second-order valence-corrected chi connectivity index (χ2v) is 8.29. The Morgan fingerprint density at radius 3 is 2.59 bits per heavy atom. The first kappa shape index (κ1) is 20.8. The fourth-order valence-corrected chi connectivity index (χ4v) is 3.81. The van der Waals surface area contributed by atoms with Gasteiger partial charge in [0.1, 0.15) is 11.5 Å². The first-order chi connectivity index (χ1) is 13.7. The number of rotatable bonds is 6. The van der Waals surface area contributed by atoms with Crippen molar-refractivity contribution in [2.75, 3.05) is 7.11 Å². The zero-order valence-corrected chi connectivity index (χ0v) is 17.1. The molecule has 0 spiro atoms. The molecule has 2 aromatic rings. The number of carbonyl (C=O) groups is 2. The summed E-state index contributed by atoms with van der Waals surface area (Å²) in [4.78, 5) is 24.1. The summed E-state index contributed by atoms with van der Waals surface area (Å²) in [6, 6.07) is 8.88. The first-order valence-electron chi connectivity index (χ1n) is 8.38. The maximum Gasteiger partial charge on any atom is 0.340 e. The molecule has 1 aromatic heterocycles. The number of amides is 1. The standard InChI is InChI=1S/C19H17ClN2O6S/c1-11-17(19(24)27-2)16(18(23)22-11)9-13-5-6-14(28-13)10-21-29(25,26)15-7-3-12(20)4-8-15/h3-9,21H,10H2,1-2H3,(H,22,23)/b16-9-. The maximum atomic E-state index is 12.3. The Morgan fingerprint density at radius 2 is 1.93 bits per heavy atom. The number of esters is 1. The maximum absolute atomic E-state index is 12.3. The van der Waals surface area contributed by atoms with E-state index in [-0.39, 0.29) is 28.3 Å². The molecule has 0 aliphatic carbocycles. The smallest absolute Gasteiger partial charge is 0.340 e. The Hall–Kier alpha value is -2.88. The Bertz CT molecular complexity index is 1130. The quantitative estimate of drug-likeness (QED) is 0.530. The van der Waals surface area contributed by atoms with E-state index in [2.05, 4.69) is 10.0 Å². The predicted octanol–water partition coefficient (Wildman–Crippen LogP) is 2.37. The van der Waals surface area contributed by atoms with Crippen molar-refractivity contribution in [3.8, 4) is 0 Å². The van der Waals surface area contributed by atoms with Crippen molar-refractivity contribution < 1.29 is 27.2 Å². The van der Waals surface area contributed by atoms with E-state index in [0.29, 0.717) is 16.5 Å². The second-order valence-electron chi connectivity index (χ2n) is 6.09. The minimum Gasteiger partial charge on any atom is -0.465 e. The molecule has 0 unspecified atom stereocenters. The van der Waals surface area contributed by atoms with Gasteiger partial charge in [-0.2, -0.15) is 0 Å². The highest BCUT2D eigenvalue weighted by Gasteiger charge is 2.31. The third-order valence-corrected chi connectivity index (χ3v) is 5.78. The molecule has 8 nitrogen and oxygen atoms in total. The number of hydrogen-bond acceptors (Lipinski definition) is 6. The van der Waals surface area contributed by atoms with Gasteiger partial charge in [0, 0.05) is 10.7 Å². The molecule has 0 atom stereocenters. The number of halogens is 1. The van der Waals surface area contributed by atoms with Crippen LogP contribution >= 0.6 is 11.6 Å². The molecule has 0 fully saturated rings. The molecule has 0 radical (unpaired) electrons. The summed E-state index contributed by atoms with van der Waals surface area (Å²) < 4.78 is 37.3. The van der Waals surface area contributed by atoms with Gasteiger partial charge in [0.05, 0.1) is 29.7 Å².